The highest BCUT2D eigenvalue weighted by Gasteiger charge is 2.29. The van der Waals surface area contributed by atoms with Gasteiger partial charge < -0.3 is 18.8 Å². The van der Waals surface area contributed by atoms with Crippen molar-refractivity contribution in [3.8, 4) is 16.9 Å². The van der Waals surface area contributed by atoms with Gasteiger partial charge in [0.2, 0.25) is 5.76 Å². The Morgan fingerprint density at radius 2 is 1.84 bits per heavy atom. The molecule has 0 bridgehead atoms. The molecule has 220 valence electrons. The van der Waals surface area contributed by atoms with Gasteiger partial charge in [-0.1, -0.05) is 67.1 Å². The molecule has 7 rings (SSSR count). The summed E-state index contributed by atoms with van der Waals surface area (Å²) in [5, 5.41) is 11.6. The molecule has 1 aliphatic rings. The maximum atomic E-state index is 11.5. The highest BCUT2D eigenvalue weighted by atomic mass is 35.5. The largest absolute Gasteiger partial charge is 0.487 e. The van der Waals surface area contributed by atoms with Crippen LogP contribution in [0.2, 0.25) is 5.02 Å². The second-order valence-electron chi connectivity index (χ2n) is 11.0. The van der Waals surface area contributed by atoms with Gasteiger partial charge in [-0.25, -0.2) is 4.79 Å². The van der Waals surface area contributed by atoms with Gasteiger partial charge in [0.1, 0.15) is 18.1 Å². The number of aromatic nitrogens is 2. The van der Waals surface area contributed by atoms with E-state index in [0.717, 1.165) is 45.8 Å². The van der Waals surface area contributed by atoms with Gasteiger partial charge in [-0.05, 0) is 60.0 Å². The van der Waals surface area contributed by atoms with E-state index in [9.17, 15) is 9.90 Å². The van der Waals surface area contributed by atoms with Gasteiger partial charge in [0.05, 0.1) is 11.2 Å². The van der Waals surface area contributed by atoms with Gasteiger partial charge in [-0.3, -0.25) is 4.98 Å². The van der Waals surface area contributed by atoms with E-state index in [2.05, 4.69) is 46.8 Å². The molecule has 0 spiro atoms. The van der Waals surface area contributed by atoms with Crippen LogP contribution < -0.4 is 4.74 Å². The van der Waals surface area contributed by atoms with Crippen LogP contribution >= 0.6 is 23.4 Å². The summed E-state index contributed by atoms with van der Waals surface area (Å²) >= 11 is 8.04. The van der Waals surface area contributed by atoms with Crippen molar-refractivity contribution in [2.75, 3.05) is 0 Å². The molecule has 3 aromatic heterocycles. The van der Waals surface area contributed by atoms with E-state index in [1.165, 1.54) is 21.9 Å². The maximum Gasteiger partial charge on any atom is 0.371 e. The number of hydrogen-bond donors (Lipinski definition) is 1. The number of hydrogen-bond acceptors (Lipinski definition) is 5. The summed E-state index contributed by atoms with van der Waals surface area (Å²) in [6.07, 6.45) is 3.24. The predicted molar refractivity (Wildman–Crippen MR) is 174 cm³/mol. The molecule has 0 saturated heterocycles. The van der Waals surface area contributed by atoms with E-state index < -0.39 is 5.97 Å². The van der Waals surface area contributed by atoms with Crippen molar-refractivity contribution >= 4 is 40.2 Å². The maximum absolute atomic E-state index is 11.5. The second-order valence-corrected chi connectivity index (χ2v) is 12.9. The normalized spacial score (nSPS) is 14.2. The average molecular weight is 621 g/mol. The first-order valence-corrected chi connectivity index (χ1v) is 15.7. The fourth-order valence-corrected chi connectivity index (χ4v) is 7.29. The lowest BCUT2D eigenvalue weighted by Gasteiger charge is -2.22. The third-order valence-electron chi connectivity index (χ3n) is 7.94. The van der Waals surface area contributed by atoms with Crippen LogP contribution in [0.3, 0.4) is 0 Å². The van der Waals surface area contributed by atoms with Gasteiger partial charge in [-0.15, -0.1) is 11.8 Å². The Labute approximate surface area is 264 Å². The fourth-order valence-electron chi connectivity index (χ4n) is 5.85. The first kappa shape index (κ1) is 28.3. The minimum atomic E-state index is -1.07. The number of ether oxygens (including phenoxy) is 1. The molecule has 6 nitrogen and oxygen atoms in total. The van der Waals surface area contributed by atoms with Crippen LogP contribution in [0, 0.1) is 0 Å². The Morgan fingerprint density at radius 3 is 2.57 bits per heavy atom. The average Bonchev–Trinajstić information content (AvgIpc) is 3.62. The van der Waals surface area contributed by atoms with Gasteiger partial charge >= 0.3 is 5.97 Å². The number of carbonyl (C=O) groups is 1. The first-order valence-electron chi connectivity index (χ1n) is 14.5. The summed E-state index contributed by atoms with van der Waals surface area (Å²) in [6.45, 7) is 3.24. The van der Waals surface area contributed by atoms with Crippen molar-refractivity contribution in [1.82, 2.24) is 9.55 Å². The summed E-state index contributed by atoms with van der Waals surface area (Å²) in [7, 11) is 0. The van der Waals surface area contributed by atoms with Crippen molar-refractivity contribution in [3.63, 3.8) is 0 Å². The summed E-state index contributed by atoms with van der Waals surface area (Å²) in [4.78, 5) is 17.4. The lowest BCUT2D eigenvalue weighted by molar-refractivity contribution is 0.0660. The zero-order valence-electron chi connectivity index (χ0n) is 24.0. The van der Waals surface area contributed by atoms with Crippen LogP contribution in [-0.2, 0) is 26.0 Å². The Bertz CT molecular complexity index is 1960. The van der Waals surface area contributed by atoms with Crippen molar-refractivity contribution in [2.24, 2.45) is 0 Å². The Morgan fingerprint density at radius 1 is 1.02 bits per heavy atom. The Balaban J connectivity index is 1.25. The van der Waals surface area contributed by atoms with E-state index in [1.54, 1.807) is 6.07 Å². The van der Waals surface area contributed by atoms with E-state index >= 15 is 0 Å². The third-order valence-corrected chi connectivity index (χ3v) is 9.44. The molecule has 0 saturated carbocycles. The van der Waals surface area contributed by atoms with Crippen molar-refractivity contribution in [3.05, 3.63) is 136 Å². The molecule has 0 aliphatic carbocycles. The zero-order valence-corrected chi connectivity index (χ0v) is 25.6. The summed E-state index contributed by atoms with van der Waals surface area (Å²) in [5.74, 6) is 0.342. The molecule has 3 aromatic carbocycles. The standard InChI is InChI=1S/C36H29ClN2O4S/c1-22-17-29-32(42-21-27-12-9-25(19-38-27)24-5-3-2-4-6-24)16-14-30-34(29)35(44-22)31(18-28-13-15-33(43-28)36(40)41)39(30)20-23-7-10-26(37)11-8-23/h2-16,19,22H,17-18,20-21H2,1H3,(H,40,41). The van der Waals surface area contributed by atoms with Crippen LogP contribution in [0.15, 0.2) is 107 Å². The highest BCUT2D eigenvalue weighted by molar-refractivity contribution is 8.00. The quantitative estimate of drug-likeness (QED) is 0.174. The number of carboxylic acid groups (broad SMARTS) is 1. The molecule has 1 N–H and O–H groups in total. The van der Waals surface area contributed by atoms with Gasteiger partial charge in [0.25, 0.3) is 0 Å². The molecule has 0 amide bonds. The number of thioether (sulfide) groups is 1. The van der Waals surface area contributed by atoms with Gasteiger partial charge in [0.15, 0.2) is 0 Å². The fraction of sp³-hybridized carbons (Fsp3) is 0.167. The number of benzene rings is 3. The van der Waals surface area contributed by atoms with E-state index in [-0.39, 0.29) is 5.76 Å². The van der Waals surface area contributed by atoms with E-state index in [0.29, 0.717) is 35.6 Å². The highest BCUT2D eigenvalue weighted by Crippen LogP contribution is 2.47. The van der Waals surface area contributed by atoms with Crippen molar-refractivity contribution < 1.29 is 19.1 Å². The molecule has 1 atom stereocenters. The lowest BCUT2D eigenvalue weighted by atomic mass is 10.0. The van der Waals surface area contributed by atoms with Crippen LogP contribution in [0.4, 0.5) is 0 Å². The van der Waals surface area contributed by atoms with Crippen molar-refractivity contribution in [2.45, 2.75) is 43.1 Å². The molecule has 0 fully saturated rings. The molecular weight excluding hydrogens is 592 g/mol. The number of nitrogens with zero attached hydrogens (tertiary/aromatic N) is 2. The molecule has 8 heteroatoms. The minimum absolute atomic E-state index is 0.0585. The molecule has 4 heterocycles. The number of halogens is 1. The second kappa shape index (κ2) is 11.9. The minimum Gasteiger partial charge on any atom is -0.487 e. The smallest absolute Gasteiger partial charge is 0.371 e. The molecule has 6 aromatic rings. The first-order chi connectivity index (χ1) is 21.4. The number of aromatic carboxylic acids is 1. The summed E-state index contributed by atoms with van der Waals surface area (Å²) in [6, 6.07) is 29.7. The molecule has 0 radical (unpaired) electrons. The number of pyridine rings is 1. The topological polar surface area (TPSA) is 77.5 Å². The SMILES string of the molecule is CC1Cc2c(OCc3ccc(-c4ccccc4)cn3)ccc3c2c(c(Cc2ccc(C(=O)O)o2)n3Cc2ccc(Cl)cc2)S1. The van der Waals surface area contributed by atoms with Gasteiger partial charge in [0, 0.05) is 56.5 Å². The van der Waals surface area contributed by atoms with E-state index in [1.807, 2.05) is 66.5 Å². The molecular formula is C36H29ClN2O4S. The lowest BCUT2D eigenvalue weighted by Crippen LogP contribution is -2.10. The number of carboxylic acids is 1. The monoisotopic (exact) mass is 620 g/mol. The van der Waals surface area contributed by atoms with Gasteiger partial charge in [-0.2, -0.15) is 0 Å². The predicted octanol–water partition coefficient (Wildman–Crippen LogP) is 8.90. The van der Waals surface area contributed by atoms with E-state index in [4.69, 9.17) is 20.8 Å². The molecule has 44 heavy (non-hydrogen) atoms. The number of rotatable bonds is 9. The van der Waals surface area contributed by atoms with Crippen LogP contribution in [0.1, 0.15) is 45.8 Å². The number of furan rings is 1. The molecule has 1 aliphatic heterocycles. The van der Waals surface area contributed by atoms with Crippen LogP contribution in [0.5, 0.6) is 5.75 Å². The van der Waals surface area contributed by atoms with Crippen LogP contribution in [0.25, 0.3) is 22.0 Å². The third kappa shape index (κ3) is 5.61. The van der Waals surface area contributed by atoms with Crippen LogP contribution in [-0.4, -0.2) is 25.9 Å². The Hall–Kier alpha value is -4.46. The van der Waals surface area contributed by atoms with Crippen molar-refractivity contribution in [1.29, 1.82) is 0 Å². The Kier molecular flexibility index (Phi) is 7.66. The zero-order chi connectivity index (χ0) is 30.2. The summed E-state index contributed by atoms with van der Waals surface area (Å²) in [5.41, 5.74) is 7.58. The summed E-state index contributed by atoms with van der Waals surface area (Å²) < 4.78 is 14.5. The molecule has 1 unspecified atom stereocenters.